The molecule has 8 nitrogen and oxygen atoms in total. The Morgan fingerprint density at radius 3 is 3.00 bits per heavy atom. The molecule has 0 saturated carbocycles. The van der Waals surface area contributed by atoms with Crippen molar-refractivity contribution in [2.75, 3.05) is 24.6 Å². The van der Waals surface area contributed by atoms with Gasteiger partial charge in [0.15, 0.2) is 0 Å². The van der Waals surface area contributed by atoms with E-state index in [0.717, 1.165) is 12.8 Å². The van der Waals surface area contributed by atoms with Gasteiger partial charge in [-0.3, -0.25) is 14.6 Å². The Morgan fingerprint density at radius 1 is 1.53 bits per heavy atom. The van der Waals surface area contributed by atoms with E-state index in [1.54, 1.807) is 11.8 Å². The normalized spacial score (nSPS) is 19.2. The smallest absolute Gasteiger partial charge is 0.342 e. The van der Waals surface area contributed by atoms with Gasteiger partial charge in [0.05, 0.1) is 12.5 Å². The summed E-state index contributed by atoms with van der Waals surface area (Å²) in [7, 11) is 0. The number of aromatic amines is 2. The molecule has 1 aliphatic rings. The molecule has 0 unspecified atom stereocenters. The molecule has 104 valence electrons. The second-order valence-electron chi connectivity index (χ2n) is 4.37. The Kier molecular flexibility index (Phi) is 3.98. The van der Waals surface area contributed by atoms with Crippen LogP contribution < -0.4 is 16.1 Å². The molecule has 0 aromatic carbocycles. The van der Waals surface area contributed by atoms with Crippen LogP contribution in [-0.2, 0) is 9.53 Å². The number of esters is 1. The number of hydrogen-bond acceptors (Lipinski definition) is 6. The Labute approximate surface area is 108 Å². The minimum atomic E-state index is -0.646. The first-order chi connectivity index (χ1) is 9.11. The number of nitrogens with one attached hydrogen (secondary N) is 2. The van der Waals surface area contributed by atoms with Crippen LogP contribution in [0.25, 0.3) is 0 Å². The summed E-state index contributed by atoms with van der Waals surface area (Å²) in [5.41, 5.74) is -1.19. The van der Waals surface area contributed by atoms with Crippen molar-refractivity contribution in [2.45, 2.75) is 19.8 Å². The molecule has 1 atom stereocenters. The maximum absolute atomic E-state index is 11.7. The number of carbonyl (C=O) groups excluding carboxylic acids is 1. The first-order valence-corrected chi connectivity index (χ1v) is 6.22. The summed E-state index contributed by atoms with van der Waals surface area (Å²) >= 11 is 0. The highest BCUT2D eigenvalue weighted by atomic mass is 16.5. The van der Waals surface area contributed by atoms with Gasteiger partial charge in [-0.15, -0.1) is 5.10 Å². The van der Waals surface area contributed by atoms with Gasteiger partial charge in [-0.2, -0.15) is 0 Å². The molecule has 0 bridgehead atoms. The quantitative estimate of drug-likeness (QED) is 0.697. The van der Waals surface area contributed by atoms with Crippen LogP contribution in [0.15, 0.2) is 9.59 Å². The lowest BCUT2D eigenvalue weighted by Gasteiger charge is -2.31. The third-order valence-electron chi connectivity index (χ3n) is 3.03. The van der Waals surface area contributed by atoms with Gasteiger partial charge in [0.25, 0.3) is 5.56 Å². The molecular formula is C11H16N4O4. The SMILES string of the molecule is CCOC(=O)[C@H]1CCCN(c2n[nH]c(=O)[nH]c2=O)C1. The van der Waals surface area contributed by atoms with Crippen molar-refractivity contribution in [3.8, 4) is 0 Å². The second-order valence-corrected chi connectivity index (χ2v) is 4.37. The number of hydrogen-bond donors (Lipinski definition) is 2. The maximum atomic E-state index is 11.7. The Balaban J connectivity index is 2.15. The average Bonchev–Trinajstić information content (AvgIpc) is 2.39. The lowest BCUT2D eigenvalue weighted by atomic mass is 9.98. The minimum Gasteiger partial charge on any atom is -0.466 e. The Morgan fingerprint density at radius 2 is 2.32 bits per heavy atom. The van der Waals surface area contributed by atoms with Crippen molar-refractivity contribution in [1.29, 1.82) is 0 Å². The van der Waals surface area contributed by atoms with E-state index in [9.17, 15) is 14.4 Å². The van der Waals surface area contributed by atoms with Gasteiger partial charge in [-0.1, -0.05) is 0 Å². The number of H-pyrrole nitrogens is 2. The molecule has 8 heteroatoms. The van der Waals surface area contributed by atoms with Gasteiger partial charge in [0.1, 0.15) is 0 Å². The van der Waals surface area contributed by atoms with Gasteiger partial charge < -0.3 is 9.64 Å². The molecule has 19 heavy (non-hydrogen) atoms. The summed E-state index contributed by atoms with van der Waals surface area (Å²) in [5.74, 6) is -0.386. The van der Waals surface area contributed by atoms with E-state index in [0.29, 0.717) is 19.7 Å². The highest BCUT2D eigenvalue weighted by Gasteiger charge is 2.28. The number of piperidine rings is 1. The number of nitrogens with zero attached hydrogens (tertiary/aromatic N) is 2. The van der Waals surface area contributed by atoms with Crippen LogP contribution in [0.4, 0.5) is 5.82 Å². The minimum absolute atomic E-state index is 0.133. The molecule has 0 spiro atoms. The summed E-state index contributed by atoms with van der Waals surface area (Å²) in [5, 5.41) is 5.92. The monoisotopic (exact) mass is 268 g/mol. The molecule has 2 N–H and O–H groups in total. The standard InChI is InChI=1S/C11H16N4O4/c1-2-19-10(17)7-4-3-5-15(6-7)8-9(16)12-11(18)14-13-8/h7H,2-6H2,1H3,(H2,12,14,16,18)/t7-/m0/s1. The van der Waals surface area contributed by atoms with E-state index in [1.165, 1.54) is 0 Å². The average molecular weight is 268 g/mol. The second kappa shape index (κ2) is 5.68. The van der Waals surface area contributed by atoms with Crippen molar-refractivity contribution < 1.29 is 9.53 Å². The maximum Gasteiger partial charge on any atom is 0.342 e. The van der Waals surface area contributed by atoms with Crippen molar-refractivity contribution in [3.63, 3.8) is 0 Å². The predicted octanol–water partition coefficient (Wildman–Crippen LogP) is -0.762. The molecule has 1 aliphatic heterocycles. The topological polar surface area (TPSA) is 108 Å². The summed E-state index contributed by atoms with van der Waals surface area (Å²) in [6, 6.07) is 0. The zero-order valence-electron chi connectivity index (χ0n) is 10.6. The van der Waals surface area contributed by atoms with Crippen LogP contribution in [-0.4, -0.2) is 40.8 Å². The third kappa shape index (κ3) is 3.01. The third-order valence-corrected chi connectivity index (χ3v) is 3.03. The zero-order valence-corrected chi connectivity index (χ0v) is 10.6. The van der Waals surface area contributed by atoms with E-state index in [-0.39, 0.29) is 17.7 Å². The number of rotatable bonds is 3. The number of aromatic nitrogens is 3. The molecule has 1 saturated heterocycles. The van der Waals surface area contributed by atoms with Gasteiger partial charge in [-0.25, -0.2) is 9.89 Å². The van der Waals surface area contributed by atoms with Crippen LogP contribution >= 0.6 is 0 Å². The fourth-order valence-corrected chi connectivity index (χ4v) is 2.18. The van der Waals surface area contributed by atoms with Crippen LogP contribution in [0, 0.1) is 5.92 Å². The van der Waals surface area contributed by atoms with Crippen molar-refractivity contribution in [3.05, 3.63) is 20.8 Å². The molecule has 1 fully saturated rings. The predicted molar refractivity (Wildman–Crippen MR) is 67.0 cm³/mol. The lowest BCUT2D eigenvalue weighted by molar-refractivity contribution is -0.148. The fourth-order valence-electron chi connectivity index (χ4n) is 2.18. The van der Waals surface area contributed by atoms with Gasteiger partial charge in [0, 0.05) is 13.1 Å². The fraction of sp³-hybridized carbons (Fsp3) is 0.636. The molecule has 2 heterocycles. The van der Waals surface area contributed by atoms with Crippen LogP contribution in [0.1, 0.15) is 19.8 Å². The summed E-state index contributed by atoms with van der Waals surface area (Å²) in [4.78, 5) is 38.1. The molecular weight excluding hydrogens is 252 g/mol. The molecule has 0 aliphatic carbocycles. The molecule has 2 rings (SSSR count). The summed E-state index contributed by atoms with van der Waals surface area (Å²) in [6.45, 7) is 3.10. The van der Waals surface area contributed by atoms with Crippen molar-refractivity contribution in [1.82, 2.24) is 15.2 Å². The first-order valence-electron chi connectivity index (χ1n) is 6.22. The summed E-state index contributed by atoms with van der Waals surface area (Å²) in [6.07, 6.45) is 1.50. The van der Waals surface area contributed by atoms with E-state index < -0.39 is 11.2 Å². The highest BCUT2D eigenvalue weighted by Crippen LogP contribution is 2.19. The van der Waals surface area contributed by atoms with Gasteiger partial charge in [0.2, 0.25) is 5.82 Å². The van der Waals surface area contributed by atoms with Crippen LogP contribution in [0.3, 0.4) is 0 Å². The molecule has 0 amide bonds. The number of anilines is 1. The largest absolute Gasteiger partial charge is 0.466 e. The van der Waals surface area contributed by atoms with Crippen LogP contribution in [0.5, 0.6) is 0 Å². The van der Waals surface area contributed by atoms with E-state index in [1.807, 2.05) is 0 Å². The van der Waals surface area contributed by atoms with Gasteiger partial charge >= 0.3 is 11.7 Å². The number of ether oxygens (including phenoxy) is 1. The van der Waals surface area contributed by atoms with E-state index in [2.05, 4.69) is 15.2 Å². The molecule has 1 aromatic rings. The Hall–Kier alpha value is -2.12. The molecule has 1 aromatic heterocycles. The lowest BCUT2D eigenvalue weighted by Crippen LogP contribution is -2.43. The van der Waals surface area contributed by atoms with E-state index >= 15 is 0 Å². The number of carbonyl (C=O) groups is 1. The summed E-state index contributed by atoms with van der Waals surface area (Å²) < 4.78 is 4.99. The van der Waals surface area contributed by atoms with Crippen LogP contribution in [0.2, 0.25) is 0 Å². The molecule has 0 radical (unpaired) electrons. The Bertz CT molecular complexity index is 564. The zero-order chi connectivity index (χ0) is 13.8. The van der Waals surface area contributed by atoms with E-state index in [4.69, 9.17) is 4.74 Å². The first kappa shape index (κ1) is 13.3. The van der Waals surface area contributed by atoms with Crippen molar-refractivity contribution >= 4 is 11.8 Å². The van der Waals surface area contributed by atoms with Gasteiger partial charge in [-0.05, 0) is 19.8 Å². The highest BCUT2D eigenvalue weighted by molar-refractivity contribution is 5.73. The van der Waals surface area contributed by atoms with Crippen molar-refractivity contribution in [2.24, 2.45) is 5.92 Å².